The van der Waals surface area contributed by atoms with Gasteiger partial charge >= 0.3 is 5.97 Å². The van der Waals surface area contributed by atoms with Crippen LogP contribution < -0.4 is 5.73 Å². The third-order valence-electron chi connectivity index (χ3n) is 2.36. The second kappa shape index (κ2) is 3.74. The van der Waals surface area contributed by atoms with Gasteiger partial charge in [0.15, 0.2) is 4.91 Å². The van der Waals surface area contributed by atoms with Gasteiger partial charge in [-0.1, -0.05) is 18.2 Å². The van der Waals surface area contributed by atoms with Crippen molar-refractivity contribution in [2.75, 3.05) is 5.73 Å². The van der Waals surface area contributed by atoms with Gasteiger partial charge in [0.1, 0.15) is 0 Å². The molecule has 17 heavy (non-hydrogen) atoms. The molecule has 0 amide bonds. The van der Waals surface area contributed by atoms with Crippen molar-refractivity contribution < 1.29 is 18.3 Å². The van der Waals surface area contributed by atoms with Crippen LogP contribution >= 0.6 is 0 Å². The zero-order valence-corrected chi connectivity index (χ0v) is 9.44. The number of rotatable bonds is 2. The van der Waals surface area contributed by atoms with Crippen LogP contribution in [-0.2, 0) is 14.6 Å². The van der Waals surface area contributed by atoms with E-state index in [0.29, 0.717) is 16.8 Å². The van der Waals surface area contributed by atoms with E-state index in [2.05, 4.69) is 0 Å². The second-order valence-corrected chi connectivity index (χ2v) is 5.28. The molecule has 0 unspecified atom stereocenters. The molecular formula is C11H9NO4S. The molecule has 1 heterocycles. The lowest BCUT2D eigenvalue weighted by Gasteiger charge is -2.02. The number of sulfone groups is 1. The van der Waals surface area contributed by atoms with Gasteiger partial charge in [0, 0.05) is 16.7 Å². The molecule has 0 aromatic heterocycles. The first-order valence-corrected chi connectivity index (χ1v) is 6.23. The molecule has 0 saturated carbocycles. The van der Waals surface area contributed by atoms with Gasteiger partial charge in [0.2, 0.25) is 9.84 Å². The lowest BCUT2D eigenvalue weighted by Crippen LogP contribution is -2.07. The number of allylic oxidation sites excluding steroid dienone is 2. The normalized spacial score (nSPS) is 17.4. The summed E-state index contributed by atoms with van der Waals surface area (Å²) in [5.41, 5.74) is 6.90. The molecule has 5 nitrogen and oxygen atoms in total. The van der Waals surface area contributed by atoms with E-state index in [1.54, 1.807) is 24.3 Å². The number of nitrogen functional groups attached to an aromatic ring is 1. The molecule has 6 heteroatoms. The van der Waals surface area contributed by atoms with Gasteiger partial charge in [0.05, 0.1) is 0 Å². The molecule has 0 radical (unpaired) electrons. The Bertz CT molecular complexity index is 656. The fourth-order valence-corrected chi connectivity index (χ4v) is 2.76. The molecule has 1 aliphatic rings. The Morgan fingerprint density at radius 2 is 1.88 bits per heavy atom. The molecule has 3 N–H and O–H groups in total. The summed E-state index contributed by atoms with van der Waals surface area (Å²) in [5.74, 6) is -1.47. The number of carboxylic acid groups (broad SMARTS) is 1. The summed E-state index contributed by atoms with van der Waals surface area (Å²) >= 11 is 0. The topological polar surface area (TPSA) is 97.5 Å². The number of hydrogen-bond acceptors (Lipinski definition) is 4. The molecule has 88 valence electrons. The summed E-state index contributed by atoms with van der Waals surface area (Å²) in [4.78, 5) is 10.1. The Labute approximate surface area is 97.8 Å². The highest BCUT2D eigenvalue weighted by Crippen LogP contribution is 2.31. The first-order valence-electron chi connectivity index (χ1n) is 4.68. The van der Waals surface area contributed by atoms with Gasteiger partial charge in [-0.3, -0.25) is 0 Å². The molecule has 2 rings (SSSR count). The first kappa shape index (κ1) is 11.4. The Balaban J connectivity index is 2.59. The van der Waals surface area contributed by atoms with Gasteiger partial charge < -0.3 is 10.8 Å². The Morgan fingerprint density at radius 1 is 1.24 bits per heavy atom. The van der Waals surface area contributed by atoms with Crippen LogP contribution in [0.1, 0.15) is 5.56 Å². The minimum atomic E-state index is -3.86. The highest BCUT2D eigenvalue weighted by molar-refractivity contribution is 7.99. The van der Waals surface area contributed by atoms with E-state index >= 15 is 0 Å². The predicted molar refractivity (Wildman–Crippen MR) is 63.5 cm³/mol. The zero-order chi connectivity index (χ0) is 12.6. The number of carbonyl (C=O) groups is 1. The van der Waals surface area contributed by atoms with Crippen molar-refractivity contribution in [1.29, 1.82) is 0 Å². The standard InChI is InChI=1S/C11H9NO4S/c12-9-4-2-1-3-8(9)7-5-10(11(13)14)17(15,16)6-7/h1-6H,12H2,(H,13,14). The number of para-hydroxylation sites is 1. The highest BCUT2D eigenvalue weighted by Gasteiger charge is 2.29. The third kappa shape index (κ3) is 1.94. The van der Waals surface area contributed by atoms with Gasteiger partial charge in [-0.15, -0.1) is 0 Å². The molecule has 0 aliphatic carbocycles. The van der Waals surface area contributed by atoms with Crippen LogP contribution in [0.25, 0.3) is 5.57 Å². The Hall–Kier alpha value is -2.08. The van der Waals surface area contributed by atoms with Gasteiger partial charge in [-0.05, 0) is 17.7 Å². The van der Waals surface area contributed by atoms with Gasteiger partial charge in [-0.25, -0.2) is 13.2 Å². The van der Waals surface area contributed by atoms with Crippen molar-refractivity contribution in [2.24, 2.45) is 0 Å². The maximum absolute atomic E-state index is 11.5. The molecule has 1 aliphatic heterocycles. The summed E-state index contributed by atoms with van der Waals surface area (Å²) in [6.45, 7) is 0. The maximum atomic E-state index is 11.5. The van der Waals surface area contributed by atoms with Crippen molar-refractivity contribution in [3.05, 3.63) is 46.2 Å². The first-order chi connectivity index (χ1) is 7.92. The SMILES string of the molecule is Nc1ccccc1C1=CS(=O)(=O)C(C(=O)O)=C1. The zero-order valence-electron chi connectivity index (χ0n) is 8.62. The Morgan fingerprint density at radius 3 is 2.41 bits per heavy atom. The number of hydrogen-bond donors (Lipinski definition) is 2. The van der Waals surface area contributed by atoms with Crippen LogP contribution in [0, 0.1) is 0 Å². The van der Waals surface area contributed by atoms with Crippen LogP contribution in [0.5, 0.6) is 0 Å². The number of carboxylic acids is 1. The van der Waals surface area contributed by atoms with E-state index in [0.717, 1.165) is 11.5 Å². The lowest BCUT2D eigenvalue weighted by atomic mass is 10.1. The maximum Gasteiger partial charge on any atom is 0.347 e. The summed E-state index contributed by atoms with van der Waals surface area (Å²) < 4.78 is 23.1. The smallest absolute Gasteiger partial charge is 0.347 e. The van der Waals surface area contributed by atoms with Crippen molar-refractivity contribution in [1.82, 2.24) is 0 Å². The van der Waals surface area contributed by atoms with E-state index in [-0.39, 0.29) is 0 Å². The van der Waals surface area contributed by atoms with Gasteiger partial charge in [-0.2, -0.15) is 0 Å². The van der Waals surface area contributed by atoms with Crippen LogP contribution in [0.3, 0.4) is 0 Å². The minimum absolute atomic E-state index is 0.292. The molecular weight excluding hydrogens is 242 g/mol. The number of benzene rings is 1. The molecule has 1 aromatic carbocycles. The number of aliphatic carboxylic acids is 1. The monoisotopic (exact) mass is 251 g/mol. The fourth-order valence-electron chi connectivity index (χ4n) is 1.57. The summed E-state index contributed by atoms with van der Waals surface area (Å²) in [6.07, 6.45) is 1.11. The second-order valence-electron chi connectivity index (χ2n) is 3.52. The van der Waals surface area contributed by atoms with Crippen LogP contribution in [0.15, 0.2) is 40.7 Å². The van der Waals surface area contributed by atoms with Crippen molar-refractivity contribution in [3.63, 3.8) is 0 Å². The summed E-state index contributed by atoms with van der Waals surface area (Å²) in [7, 11) is -3.86. The summed E-state index contributed by atoms with van der Waals surface area (Å²) in [6, 6.07) is 6.67. The van der Waals surface area contributed by atoms with Gasteiger partial charge in [0.25, 0.3) is 0 Å². The average Bonchev–Trinajstić information content (AvgIpc) is 2.55. The quantitative estimate of drug-likeness (QED) is 0.764. The average molecular weight is 251 g/mol. The fraction of sp³-hybridized carbons (Fsp3) is 0. The van der Waals surface area contributed by atoms with E-state index < -0.39 is 20.7 Å². The predicted octanol–water partition coefficient (Wildman–Crippen LogP) is 1.01. The van der Waals surface area contributed by atoms with E-state index in [9.17, 15) is 13.2 Å². The summed E-state index contributed by atoms with van der Waals surface area (Å²) in [5, 5.41) is 9.69. The number of anilines is 1. The van der Waals surface area contributed by atoms with Crippen LogP contribution in [0.4, 0.5) is 5.69 Å². The highest BCUT2D eigenvalue weighted by atomic mass is 32.2. The van der Waals surface area contributed by atoms with Crippen LogP contribution in [0.2, 0.25) is 0 Å². The number of nitrogens with two attached hydrogens (primary N) is 1. The molecule has 1 aromatic rings. The Kier molecular flexibility index (Phi) is 2.51. The third-order valence-corrected chi connectivity index (χ3v) is 3.83. The van der Waals surface area contributed by atoms with E-state index in [1.165, 1.54) is 0 Å². The minimum Gasteiger partial charge on any atom is -0.477 e. The van der Waals surface area contributed by atoms with Crippen molar-refractivity contribution in [3.8, 4) is 0 Å². The van der Waals surface area contributed by atoms with E-state index in [1.807, 2.05) is 0 Å². The lowest BCUT2D eigenvalue weighted by molar-refractivity contribution is -0.131. The van der Waals surface area contributed by atoms with E-state index in [4.69, 9.17) is 10.8 Å². The molecule has 0 fully saturated rings. The largest absolute Gasteiger partial charge is 0.477 e. The molecule has 0 atom stereocenters. The molecule has 0 spiro atoms. The molecule has 0 saturated heterocycles. The molecule has 0 bridgehead atoms. The van der Waals surface area contributed by atoms with Crippen LogP contribution in [-0.4, -0.2) is 19.5 Å². The van der Waals surface area contributed by atoms with Crippen molar-refractivity contribution >= 4 is 27.1 Å². The van der Waals surface area contributed by atoms with Crippen molar-refractivity contribution in [2.45, 2.75) is 0 Å².